The smallest absolute Gasteiger partial charge is 0.136 e. The molecule has 3 aliphatic rings. The van der Waals surface area contributed by atoms with E-state index in [1.807, 2.05) is 0 Å². The van der Waals surface area contributed by atoms with Crippen LogP contribution in [0.4, 0.5) is 0 Å². The summed E-state index contributed by atoms with van der Waals surface area (Å²) in [5, 5.41) is 0. The Labute approximate surface area is 92.8 Å². The number of Topliss-reactive ketones (excluding diaryl/α,β-unsaturated/α-hetero) is 1. The molecule has 72 valence electrons. The van der Waals surface area contributed by atoms with Gasteiger partial charge >= 0.3 is 0 Å². The van der Waals surface area contributed by atoms with Crippen LogP contribution < -0.4 is 0 Å². The summed E-state index contributed by atoms with van der Waals surface area (Å²) in [6.45, 7) is 0. The molecule has 3 aliphatic carbocycles. The molecular weight excluding hydrogens is 275 g/mol. The number of carbonyl (C=O) groups is 1. The first-order valence-corrected chi connectivity index (χ1v) is 6.91. The van der Waals surface area contributed by atoms with Gasteiger partial charge in [-0.25, -0.2) is 0 Å². The highest BCUT2D eigenvalue weighted by atomic mass is 127. The number of ketones is 1. The maximum Gasteiger partial charge on any atom is 0.136 e. The van der Waals surface area contributed by atoms with Crippen molar-refractivity contribution in [3.8, 4) is 0 Å². The summed E-state index contributed by atoms with van der Waals surface area (Å²) in [7, 11) is 0. The van der Waals surface area contributed by atoms with Crippen molar-refractivity contribution in [2.45, 2.75) is 32.1 Å². The summed E-state index contributed by atoms with van der Waals surface area (Å²) in [5.74, 6) is 2.84. The van der Waals surface area contributed by atoms with Gasteiger partial charge in [-0.05, 0) is 36.5 Å². The molecule has 0 N–H and O–H groups in total. The van der Waals surface area contributed by atoms with Gasteiger partial charge in [-0.3, -0.25) is 4.79 Å². The number of alkyl halides is 1. The molecule has 4 unspecified atom stereocenters. The maximum atomic E-state index is 11.7. The number of carbonyl (C=O) groups excluding carboxylic acids is 1. The molecule has 0 saturated heterocycles. The fraction of sp³-hybridized carbons (Fsp3) is 0.909. The Balaban J connectivity index is 1.96. The van der Waals surface area contributed by atoms with Crippen LogP contribution in [0.2, 0.25) is 0 Å². The average molecular weight is 290 g/mol. The molecule has 0 aromatic carbocycles. The third-order valence-electron chi connectivity index (χ3n) is 4.79. The van der Waals surface area contributed by atoms with Crippen molar-refractivity contribution in [1.29, 1.82) is 0 Å². The fourth-order valence-corrected chi connectivity index (χ4v) is 5.72. The van der Waals surface area contributed by atoms with Crippen molar-refractivity contribution in [2.75, 3.05) is 4.43 Å². The molecule has 3 saturated carbocycles. The van der Waals surface area contributed by atoms with Crippen molar-refractivity contribution >= 4 is 28.4 Å². The molecule has 0 spiro atoms. The van der Waals surface area contributed by atoms with Crippen LogP contribution in [-0.4, -0.2) is 10.2 Å². The monoisotopic (exact) mass is 290 g/mol. The van der Waals surface area contributed by atoms with E-state index in [1.165, 1.54) is 30.1 Å². The van der Waals surface area contributed by atoms with Crippen LogP contribution in [0, 0.1) is 23.2 Å². The molecule has 3 rings (SSSR count). The molecule has 0 bridgehead atoms. The summed E-state index contributed by atoms with van der Waals surface area (Å²) in [6, 6.07) is 0. The molecule has 0 aliphatic heterocycles. The second kappa shape index (κ2) is 2.71. The van der Waals surface area contributed by atoms with Crippen molar-refractivity contribution in [2.24, 2.45) is 23.2 Å². The number of hydrogen-bond acceptors (Lipinski definition) is 1. The van der Waals surface area contributed by atoms with Crippen molar-refractivity contribution in [3.63, 3.8) is 0 Å². The first-order chi connectivity index (χ1) is 6.29. The number of halogens is 1. The van der Waals surface area contributed by atoms with Crippen LogP contribution in [0.3, 0.4) is 0 Å². The van der Waals surface area contributed by atoms with Gasteiger partial charge in [-0.1, -0.05) is 29.0 Å². The van der Waals surface area contributed by atoms with Crippen LogP contribution in [0.5, 0.6) is 0 Å². The Bertz CT molecular complexity index is 263. The van der Waals surface area contributed by atoms with Crippen molar-refractivity contribution < 1.29 is 4.79 Å². The van der Waals surface area contributed by atoms with E-state index < -0.39 is 0 Å². The minimum Gasteiger partial charge on any atom is -0.299 e. The van der Waals surface area contributed by atoms with Gasteiger partial charge in [-0.15, -0.1) is 0 Å². The van der Waals surface area contributed by atoms with Gasteiger partial charge in [-0.2, -0.15) is 0 Å². The average Bonchev–Trinajstić information content (AvgIpc) is 2.61. The predicted octanol–water partition coefficient (Wildman–Crippen LogP) is 2.82. The van der Waals surface area contributed by atoms with Gasteiger partial charge < -0.3 is 0 Å². The number of fused-ring (bicyclic) bond motifs is 4. The van der Waals surface area contributed by atoms with E-state index in [4.69, 9.17) is 0 Å². The molecule has 0 aromatic heterocycles. The van der Waals surface area contributed by atoms with Gasteiger partial charge in [0.2, 0.25) is 0 Å². The lowest BCUT2D eigenvalue weighted by molar-refractivity contribution is -0.136. The topological polar surface area (TPSA) is 17.1 Å². The highest BCUT2D eigenvalue weighted by Crippen LogP contribution is 2.69. The highest BCUT2D eigenvalue weighted by Gasteiger charge is 2.66. The Morgan fingerprint density at radius 1 is 1.46 bits per heavy atom. The molecule has 3 fully saturated rings. The SMILES string of the molecule is O=C1CCC2(CI)C3CCCC3C12. The minimum atomic E-state index is 0.485. The van der Waals surface area contributed by atoms with Crippen molar-refractivity contribution in [3.05, 3.63) is 0 Å². The number of hydrogen-bond donors (Lipinski definition) is 0. The molecular formula is C11H15IO. The Hall–Kier alpha value is 0.400. The third-order valence-corrected chi connectivity index (χ3v) is 6.21. The molecule has 13 heavy (non-hydrogen) atoms. The molecule has 2 heteroatoms. The summed E-state index contributed by atoms with van der Waals surface area (Å²) < 4.78 is 1.22. The van der Waals surface area contributed by atoms with E-state index in [1.54, 1.807) is 0 Å². The van der Waals surface area contributed by atoms with Gasteiger partial charge in [0.15, 0.2) is 0 Å². The molecule has 0 aromatic rings. The van der Waals surface area contributed by atoms with Crippen LogP contribution in [-0.2, 0) is 4.79 Å². The zero-order chi connectivity index (χ0) is 9.05. The van der Waals surface area contributed by atoms with Crippen molar-refractivity contribution in [1.82, 2.24) is 0 Å². The third kappa shape index (κ3) is 0.864. The highest BCUT2D eigenvalue weighted by molar-refractivity contribution is 14.1. The van der Waals surface area contributed by atoms with Crippen LogP contribution in [0.1, 0.15) is 32.1 Å². The molecule has 0 amide bonds. The standard InChI is InChI=1S/C11H15IO/c12-6-11-5-4-9(13)10(11)7-2-1-3-8(7)11/h7-8,10H,1-6H2. The van der Waals surface area contributed by atoms with Crippen LogP contribution >= 0.6 is 22.6 Å². The lowest BCUT2D eigenvalue weighted by Crippen LogP contribution is -2.54. The normalized spacial score (nSPS) is 53.0. The van der Waals surface area contributed by atoms with E-state index in [0.29, 0.717) is 17.1 Å². The molecule has 1 nitrogen and oxygen atoms in total. The lowest BCUT2D eigenvalue weighted by Gasteiger charge is -2.54. The molecule has 4 atom stereocenters. The van der Waals surface area contributed by atoms with E-state index >= 15 is 0 Å². The molecule has 0 heterocycles. The van der Waals surface area contributed by atoms with Gasteiger partial charge in [0.25, 0.3) is 0 Å². The second-order valence-corrected chi connectivity index (χ2v) is 5.77. The summed E-state index contributed by atoms with van der Waals surface area (Å²) in [5.41, 5.74) is 0.485. The van der Waals surface area contributed by atoms with Gasteiger partial charge in [0.1, 0.15) is 5.78 Å². The quantitative estimate of drug-likeness (QED) is 0.536. The van der Waals surface area contributed by atoms with E-state index in [-0.39, 0.29) is 0 Å². The zero-order valence-corrected chi connectivity index (χ0v) is 9.92. The Morgan fingerprint density at radius 3 is 3.08 bits per heavy atom. The Kier molecular flexibility index (Phi) is 1.81. The summed E-state index contributed by atoms with van der Waals surface area (Å²) >= 11 is 2.51. The zero-order valence-electron chi connectivity index (χ0n) is 7.76. The van der Waals surface area contributed by atoms with Crippen LogP contribution in [0.25, 0.3) is 0 Å². The predicted molar refractivity (Wildman–Crippen MR) is 59.9 cm³/mol. The maximum absolute atomic E-state index is 11.7. The van der Waals surface area contributed by atoms with Crippen LogP contribution in [0.15, 0.2) is 0 Å². The number of rotatable bonds is 1. The Morgan fingerprint density at radius 2 is 2.31 bits per heavy atom. The summed E-state index contributed by atoms with van der Waals surface area (Å²) in [4.78, 5) is 11.7. The fourth-order valence-electron chi connectivity index (χ4n) is 4.30. The summed E-state index contributed by atoms with van der Waals surface area (Å²) in [6.07, 6.45) is 6.25. The van der Waals surface area contributed by atoms with E-state index in [9.17, 15) is 4.79 Å². The first kappa shape index (κ1) is 8.69. The van der Waals surface area contributed by atoms with Gasteiger partial charge in [0, 0.05) is 16.8 Å². The second-order valence-electron chi connectivity index (χ2n) is 5.01. The largest absolute Gasteiger partial charge is 0.299 e. The lowest BCUT2D eigenvalue weighted by atomic mass is 9.50. The molecule has 0 radical (unpaired) electrons. The minimum absolute atomic E-state index is 0.485. The van der Waals surface area contributed by atoms with E-state index in [0.717, 1.165) is 18.3 Å². The van der Waals surface area contributed by atoms with Gasteiger partial charge in [0.05, 0.1) is 0 Å². The van der Waals surface area contributed by atoms with E-state index in [2.05, 4.69) is 22.6 Å². The first-order valence-electron chi connectivity index (χ1n) is 5.38.